The molecule has 0 spiro atoms. The molecule has 0 aliphatic carbocycles. The number of amides is 2. The standard InChI is InChI=1S/C15H15NO4/c1-11(17)20-10-13(9-12-5-3-2-4-6-12)16-14(18)7-8-15(16)19/h2-8,13H,9-10H2,1H3/t13-/m0/s1. The lowest BCUT2D eigenvalue weighted by Gasteiger charge is -2.25. The SMILES string of the molecule is CC(=O)OC[C@H](Cc1ccccc1)N1C(=O)C=CC1=O. The van der Waals surface area contributed by atoms with Gasteiger partial charge >= 0.3 is 5.97 Å². The molecule has 1 heterocycles. The van der Waals surface area contributed by atoms with Crippen molar-refractivity contribution in [2.75, 3.05) is 6.61 Å². The van der Waals surface area contributed by atoms with Crippen LogP contribution in [-0.4, -0.2) is 35.3 Å². The molecule has 0 N–H and O–H groups in total. The normalized spacial score (nSPS) is 15.6. The molecule has 104 valence electrons. The summed E-state index contributed by atoms with van der Waals surface area (Å²) in [5.74, 6) is -1.18. The zero-order chi connectivity index (χ0) is 14.5. The molecule has 2 rings (SSSR count). The number of esters is 1. The van der Waals surface area contributed by atoms with Crippen LogP contribution in [0.25, 0.3) is 0 Å². The van der Waals surface area contributed by atoms with Gasteiger partial charge in [-0.3, -0.25) is 19.3 Å². The predicted molar refractivity (Wildman–Crippen MR) is 71.6 cm³/mol. The van der Waals surface area contributed by atoms with Crippen molar-refractivity contribution in [1.29, 1.82) is 0 Å². The fourth-order valence-electron chi connectivity index (χ4n) is 2.10. The summed E-state index contributed by atoms with van der Waals surface area (Å²) in [5, 5.41) is 0. The minimum Gasteiger partial charge on any atom is -0.464 e. The zero-order valence-corrected chi connectivity index (χ0v) is 11.1. The Morgan fingerprint density at radius 1 is 1.15 bits per heavy atom. The maximum absolute atomic E-state index is 11.7. The summed E-state index contributed by atoms with van der Waals surface area (Å²) in [6.07, 6.45) is 2.91. The van der Waals surface area contributed by atoms with E-state index in [4.69, 9.17) is 4.74 Å². The Morgan fingerprint density at radius 2 is 1.75 bits per heavy atom. The third kappa shape index (κ3) is 3.32. The Bertz CT molecular complexity index is 532. The molecule has 0 unspecified atom stereocenters. The van der Waals surface area contributed by atoms with Crippen LogP contribution >= 0.6 is 0 Å². The number of carbonyl (C=O) groups is 3. The molecule has 1 aromatic carbocycles. The van der Waals surface area contributed by atoms with Crippen LogP contribution in [0.2, 0.25) is 0 Å². The van der Waals surface area contributed by atoms with Crippen molar-refractivity contribution in [1.82, 2.24) is 4.90 Å². The van der Waals surface area contributed by atoms with Gasteiger partial charge in [0.25, 0.3) is 11.8 Å². The molecule has 1 aliphatic heterocycles. The van der Waals surface area contributed by atoms with E-state index in [9.17, 15) is 14.4 Å². The fourth-order valence-corrected chi connectivity index (χ4v) is 2.10. The lowest BCUT2D eigenvalue weighted by atomic mass is 10.1. The molecule has 1 atom stereocenters. The van der Waals surface area contributed by atoms with E-state index >= 15 is 0 Å². The molecule has 0 saturated carbocycles. The molecule has 2 amide bonds. The van der Waals surface area contributed by atoms with Gasteiger partial charge in [0, 0.05) is 19.1 Å². The Labute approximate surface area is 116 Å². The summed E-state index contributed by atoms with van der Waals surface area (Å²) >= 11 is 0. The first-order chi connectivity index (χ1) is 9.58. The first-order valence-electron chi connectivity index (χ1n) is 6.30. The van der Waals surface area contributed by atoms with Gasteiger partial charge in [-0.05, 0) is 12.0 Å². The highest BCUT2D eigenvalue weighted by atomic mass is 16.5. The van der Waals surface area contributed by atoms with Crippen molar-refractivity contribution in [3.63, 3.8) is 0 Å². The molecule has 5 heteroatoms. The van der Waals surface area contributed by atoms with Crippen LogP contribution in [0.1, 0.15) is 12.5 Å². The van der Waals surface area contributed by atoms with Crippen LogP contribution in [-0.2, 0) is 25.5 Å². The molecule has 0 aromatic heterocycles. The largest absolute Gasteiger partial charge is 0.464 e. The van der Waals surface area contributed by atoms with Crippen LogP contribution in [0.3, 0.4) is 0 Å². The Morgan fingerprint density at radius 3 is 2.30 bits per heavy atom. The van der Waals surface area contributed by atoms with E-state index in [0.29, 0.717) is 6.42 Å². The molecular weight excluding hydrogens is 258 g/mol. The van der Waals surface area contributed by atoms with E-state index in [1.807, 2.05) is 30.3 Å². The molecule has 0 fully saturated rings. The van der Waals surface area contributed by atoms with Crippen LogP contribution in [0, 0.1) is 0 Å². The van der Waals surface area contributed by atoms with E-state index in [1.54, 1.807) is 0 Å². The molecule has 20 heavy (non-hydrogen) atoms. The Balaban J connectivity index is 2.14. The summed E-state index contributed by atoms with van der Waals surface area (Å²) in [6, 6.07) is 8.96. The second-order valence-electron chi connectivity index (χ2n) is 4.53. The third-order valence-electron chi connectivity index (χ3n) is 3.00. The highest BCUT2D eigenvalue weighted by Crippen LogP contribution is 2.15. The van der Waals surface area contributed by atoms with Gasteiger partial charge in [0.05, 0.1) is 6.04 Å². The van der Waals surface area contributed by atoms with Gasteiger partial charge in [-0.25, -0.2) is 0 Å². The smallest absolute Gasteiger partial charge is 0.302 e. The fraction of sp³-hybridized carbons (Fsp3) is 0.267. The maximum atomic E-state index is 11.7. The van der Waals surface area contributed by atoms with E-state index in [0.717, 1.165) is 10.5 Å². The van der Waals surface area contributed by atoms with Gasteiger partial charge in [0.15, 0.2) is 0 Å². The molecule has 0 radical (unpaired) electrons. The predicted octanol–water partition coefficient (Wildman–Crippen LogP) is 1.09. The molecule has 0 bridgehead atoms. The van der Waals surface area contributed by atoms with Crippen molar-refractivity contribution in [3.8, 4) is 0 Å². The first kappa shape index (κ1) is 14.0. The van der Waals surface area contributed by atoms with Gasteiger partial charge in [-0.2, -0.15) is 0 Å². The Hall–Kier alpha value is -2.43. The highest BCUT2D eigenvalue weighted by Gasteiger charge is 2.31. The average molecular weight is 273 g/mol. The quantitative estimate of drug-likeness (QED) is 0.595. The topological polar surface area (TPSA) is 63.7 Å². The second kappa shape index (κ2) is 6.14. The average Bonchev–Trinajstić information content (AvgIpc) is 2.75. The molecule has 5 nitrogen and oxygen atoms in total. The van der Waals surface area contributed by atoms with Crippen molar-refractivity contribution in [2.45, 2.75) is 19.4 Å². The van der Waals surface area contributed by atoms with Crippen LogP contribution in [0.4, 0.5) is 0 Å². The van der Waals surface area contributed by atoms with Gasteiger partial charge in [0.1, 0.15) is 6.61 Å². The minimum absolute atomic E-state index is 0.00336. The number of nitrogens with zero attached hydrogens (tertiary/aromatic N) is 1. The van der Waals surface area contributed by atoms with Gasteiger partial charge in [0.2, 0.25) is 0 Å². The summed E-state index contributed by atoms with van der Waals surface area (Å²) < 4.78 is 4.97. The Kier molecular flexibility index (Phi) is 4.30. The number of hydrogen-bond donors (Lipinski definition) is 0. The number of benzene rings is 1. The monoisotopic (exact) mass is 273 g/mol. The number of hydrogen-bond acceptors (Lipinski definition) is 4. The number of carbonyl (C=O) groups excluding carboxylic acids is 3. The van der Waals surface area contributed by atoms with E-state index < -0.39 is 12.0 Å². The second-order valence-corrected chi connectivity index (χ2v) is 4.53. The lowest BCUT2D eigenvalue weighted by Crippen LogP contribution is -2.44. The van der Waals surface area contributed by atoms with Gasteiger partial charge in [-0.15, -0.1) is 0 Å². The van der Waals surface area contributed by atoms with E-state index in [1.165, 1.54) is 19.1 Å². The summed E-state index contributed by atoms with van der Waals surface area (Å²) in [4.78, 5) is 35.6. The third-order valence-corrected chi connectivity index (χ3v) is 3.00. The number of rotatable bonds is 5. The molecular formula is C15H15NO4. The summed E-state index contributed by atoms with van der Waals surface area (Å²) in [5.41, 5.74) is 0.970. The maximum Gasteiger partial charge on any atom is 0.302 e. The highest BCUT2D eigenvalue weighted by molar-refractivity contribution is 6.13. The number of imide groups is 1. The lowest BCUT2D eigenvalue weighted by molar-refractivity contribution is -0.149. The number of ether oxygens (including phenoxy) is 1. The molecule has 0 saturated heterocycles. The van der Waals surface area contributed by atoms with Crippen LogP contribution in [0.15, 0.2) is 42.5 Å². The van der Waals surface area contributed by atoms with E-state index in [-0.39, 0.29) is 18.4 Å². The first-order valence-corrected chi connectivity index (χ1v) is 6.30. The zero-order valence-electron chi connectivity index (χ0n) is 11.1. The minimum atomic E-state index is -0.490. The van der Waals surface area contributed by atoms with Crippen LogP contribution < -0.4 is 0 Å². The molecule has 1 aliphatic rings. The summed E-state index contributed by atoms with van der Waals surface area (Å²) in [6.45, 7) is 1.30. The van der Waals surface area contributed by atoms with Gasteiger partial charge < -0.3 is 4.74 Å². The van der Waals surface area contributed by atoms with Crippen molar-refractivity contribution < 1.29 is 19.1 Å². The van der Waals surface area contributed by atoms with Gasteiger partial charge in [-0.1, -0.05) is 30.3 Å². The van der Waals surface area contributed by atoms with Crippen molar-refractivity contribution >= 4 is 17.8 Å². The van der Waals surface area contributed by atoms with Crippen LogP contribution in [0.5, 0.6) is 0 Å². The van der Waals surface area contributed by atoms with E-state index in [2.05, 4.69) is 0 Å². The van der Waals surface area contributed by atoms with Crippen molar-refractivity contribution in [3.05, 3.63) is 48.0 Å². The van der Waals surface area contributed by atoms with Crippen molar-refractivity contribution in [2.24, 2.45) is 0 Å². The summed E-state index contributed by atoms with van der Waals surface area (Å²) in [7, 11) is 0. The molecule has 1 aromatic rings.